The summed E-state index contributed by atoms with van der Waals surface area (Å²) in [6.07, 6.45) is 6.95. The van der Waals surface area contributed by atoms with Gasteiger partial charge >= 0.3 is 0 Å². The fraction of sp³-hybridized carbons (Fsp3) is 0.900. The van der Waals surface area contributed by atoms with Crippen molar-refractivity contribution in [2.75, 3.05) is 6.61 Å². The Bertz CT molecular complexity index is 100. The molecule has 0 aliphatic carbocycles. The van der Waals surface area contributed by atoms with Crippen molar-refractivity contribution in [3.05, 3.63) is 0 Å². The first-order valence-corrected chi connectivity index (χ1v) is 5.37. The van der Waals surface area contributed by atoms with Crippen LogP contribution in [-0.4, -0.2) is 11.7 Å². The van der Waals surface area contributed by atoms with Gasteiger partial charge < -0.3 is 4.74 Å². The first-order valence-electron chi connectivity index (χ1n) is 4.96. The van der Waals surface area contributed by atoms with E-state index in [4.69, 9.17) is 17.0 Å². The van der Waals surface area contributed by atoms with Crippen molar-refractivity contribution in [3.63, 3.8) is 0 Å². The maximum absolute atomic E-state index is 5.36. The zero-order valence-corrected chi connectivity index (χ0v) is 9.08. The lowest BCUT2D eigenvalue weighted by Crippen LogP contribution is -2.02. The van der Waals surface area contributed by atoms with Gasteiger partial charge in [-0.25, -0.2) is 0 Å². The second kappa shape index (κ2) is 8.98. The standard InChI is InChI=1S/C10H20OS/c1-3-5-7-8-10(12)11-9-6-4-2/h3-9H2,1-2H3. The number of thiocarbonyl (C=S) groups is 1. The van der Waals surface area contributed by atoms with Crippen LogP contribution < -0.4 is 0 Å². The third-order valence-electron chi connectivity index (χ3n) is 1.75. The van der Waals surface area contributed by atoms with E-state index in [1.807, 2.05) is 0 Å². The van der Waals surface area contributed by atoms with Crippen molar-refractivity contribution in [2.24, 2.45) is 0 Å². The maximum Gasteiger partial charge on any atom is 0.159 e. The van der Waals surface area contributed by atoms with Crippen LogP contribution in [0.5, 0.6) is 0 Å². The first kappa shape index (κ1) is 11.9. The average molecular weight is 188 g/mol. The molecule has 12 heavy (non-hydrogen) atoms. The molecule has 0 heterocycles. The van der Waals surface area contributed by atoms with Crippen LogP contribution in [0.1, 0.15) is 52.4 Å². The van der Waals surface area contributed by atoms with Crippen molar-refractivity contribution in [2.45, 2.75) is 52.4 Å². The molecular formula is C10H20OS. The van der Waals surface area contributed by atoms with Gasteiger partial charge in [0.15, 0.2) is 5.05 Å². The Labute approximate surface area is 81.5 Å². The number of hydrogen-bond donors (Lipinski definition) is 0. The molecule has 0 aliphatic heterocycles. The lowest BCUT2D eigenvalue weighted by atomic mass is 10.2. The molecule has 2 heteroatoms. The number of hydrogen-bond acceptors (Lipinski definition) is 2. The Kier molecular flexibility index (Phi) is 8.90. The van der Waals surface area contributed by atoms with E-state index in [0.29, 0.717) is 0 Å². The molecule has 0 unspecified atom stereocenters. The van der Waals surface area contributed by atoms with E-state index >= 15 is 0 Å². The lowest BCUT2D eigenvalue weighted by Gasteiger charge is -2.05. The minimum absolute atomic E-state index is 0.803. The molecule has 0 aromatic rings. The first-order chi connectivity index (χ1) is 5.81. The predicted octanol–water partition coefficient (Wildman–Crippen LogP) is 3.71. The van der Waals surface area contributed by atoms with E-state index in [9.17, 15) is 0 Å². The summed E-state index contributed by atoms with van der Waals surface area (Å²) < 4.78 is 5.36. The molecular weight excluding hydrogens is 168 g/mol. The third kappa shape index (κ3) is 7.99. The van der Waals surface area contributed by atoms with Crippen molar-refractivity contribution in [1.29, 1.82) is 0 Å². The van der Waals surface area contributed by atoms with Gasteiger partial charge in [0, 0.05) is 6.42 Å². The van der Waals surface area contributed by atoms with Gasteiger partial charge in [-0.05, 0) is 25.1 Å². The van der Waals surface area contributed by atoms with Crippen molar-refractivity contribution in [1.82, 2.24) is 0 Å². The largest absolute Gasteiger partial charge is 0.487 e. The molecule has 0 spiro atoms. The van der Waals surface area contributed by atoms with Gasteiger partial charge in [-0.2, -0.15) is 0 Å². The van der Waals surface area contributed by atoms with Gasteiger partial charge in [-0.15, -0.1) is 0 Å². The predicted molar refractivity (Wildman–Crippen MR) is 57.6 cm³/mol. The van der Waals surface area contributed by atoms with Crippen LogP contribution >= 0.6 is 12.2 Å². The molecule has 0 rings (SSSR count). The lowest BCUT2D eigenvalue weighted by molar-refractivity contribution is 0.295. The van der Waals surface area contributed by atoms with Gasteiger partial charge in [0.05, 0.1) is 6.61 Å². The number of unbranched alkanes of at least 4 members (excludes halogenated alkanes) is 3. The molecule has 0 aliphatic rings. The van der Waals surface area contributed by atoms with Crippen LogP contribution in [0.3, 0.4) is 0 Å². The second-order valence-corrected chi connectivity index (χ2v) is 3.49. The molecule has 0 bridgehead atoms. The summed E-state index contributed by atoms with van der Waals surface area (Å²) in [5.74, 6) is 0. The molecule has 0 radical (unpaired) electrons. The molecule has 72 valence electrons. The summed E-state index contributed by atoms with van der Waals surface area (Å²) in [5.41, 5.74) is 0. The molecule has 0 amide bonds. The minimum atomic E-state index is 0.803. The van der Waals surface area contributed by atoms with Gasteiger partial charge in [0.25, 0.3) is 0 Å². The van der Waals surface area contributed by atoms with Gasteiger partial charge in [-0.3, -0.25) is 0 Å². The summed E-state index contributed by atoms with van der Waals surface area (Å²) in [5, 5.41) is 0.803. The van der Waals surface area contributed by atoms with Gasteiger partial charge in [-0.1, -0.05) is 33.1 Å². The average Bonchev–Trinajstić information content (AvgIpc) is 2.06. The highest BCUT2D eigenvalue weighted by Gasteiger charge is 1.96. The van der Waals surface area contributed by atoms with E-state index in [-0.39, 0.29) is 0 Å². The van der Waals surface area contributed by atoms with Crippen LogP contribution in [0.2, 0.25) is 0 Å². The van der Waals surface area contributed by atoms with Crippen LogP contribution in [0.4, 0.5) is 0 Å². The van der Waals surface area contributed by atoms with Crippen molar-refractivity contribution < 1.29 is 4.74 Å². The molecule has 0 atom stereocenters. The summed E-state index contributed by atoms with van der Waals surface area (Å²) in [4.78, 5) is 0. The maximum atomic E-state index is 5.36. The van der Waals surface area contributed by atoms with E-state index in [0.717, 1.165) is 24.5 Å². The van der Waals surface area contributed by atoms with Gasteiger partial charge in [0.2, 0.25) is 0 Å². The van der Waals surface area contributed by atoms with Crippen molar-refractivity contribution in [3.8, 4) is 0 Å². The van der Waals surface area contributed by atoms with Crippen LogP contribution in [0.25, 0.3) is 0 Å². The van der Waals surface area contributed by atoms with E-state index < -0.39 is 0 Å². The molecule has 0 saturated carbocycles. The highest BCUT2D eigenvalue weighted by Crippen LogP contribution is 2.02. The zero-order chi connectivity index (χ0) is 9.23. The van der Waals surface area contributed by atoms with Crippen LogP contribution in [0.15, 0.2) is 0 Å². The molecule has 0 saturated heterocycles. The van der Waals surface area contributed by atoms with Gasteiger partial charge in [0.1, 0.15) is 0 Å². The topological polar surface area (TPSA) is 9.23 Å². The van der Waals surface area contributed by atoms with Crippen molar-refractivity contribution >= 4 is 17.3 Å². The molecule has 0 fully saturated rings. The van der Waals surface area contributed by atoms with Crippen LogP contribution in [0, 0.1) is 0 Å². The summed E-state index contributed by atoms with van der Waals surface area (Å²) in [7, 11) is 0. The number of rotatable bonds is 7. The fourth-order valence-corrected chi connectivity index (χ4v) is 1.15. The molecule has 1 nitrogen and oxygen atoms in total. The summed E-state index contributed by atoms with van der Waals surface area (Å²) >= 11 is 5.06. The summed E-state index contributed by atoms with van der Waals surface area (Å²) in [6.45, 7) is 5.16. The molecule has 0 aromatic carbocycles. The second-order valence-electron chi connectivity index (χ2n) is 3.03. The highest BCUT2D eigenvalue weighted by atomic mass is 32.1. The zero-order valence-electron chi connectivity index (χ0n) is 8.27. The van der Waals surface area contributed by atoms with E-state index in [2.05, 4.69) is 13.8 Å². The Hall–Kier alpha value is -0.110. The monoisotopic (exact) mass is 188 g/mol. The molecule has 0 N–H and O–H groups in total. The minimum Gasteiger partial charge on any atom is -0.487 e. The van der Waals surface area contributed by atoms with E-state index in [1.165, 1.54) is 25.7 Å². The third-order valence-corrected chi connectivity index (χ3v) is 2.07. The van der Waals surface area contributed by atoms with Crippen LogP contribution in [-0.2, 0) is 4.74 Å². The molecule has 0 aromatic heterocycles. The quantitative estimate of drug-likeness (QED) is 0.445. The Morgan fingerprint density at radius 1 is 1.08 bits per heavy atom. The fourth-order valence-electron chi connectivity index (χ4n) is 0.922. The SMILES string of the molecule is CCCCCC(=S)OCCCC. The Balaban J connectivity index is 3.10. The van der Waals surface area contributed by atoms with E-state index in [1.54, 1.807) is 0 Å². The summed E-state index contributed by atoms with van der Waals surface area (Å²) in [6, 6.07) is 0. The normalized spacial score (nSPS) is 9.83. The Morgan fingerprint density at radius 2 is 1.75 bits per heavy atom. The highest BCUT2D eigenvalue weighted by molar-refractivity contribution is 7.80. The Morgan fingerprint density at radius 3 is 2.33 bits per heavy atom. The number of ether oxygens (including phenoxy) is 1. The smallest absolute Gasteiger partial charge is 0.159 e.